The van der Waals surface area contributed by atoms with E-state index in [0.29, 0.717) is 29.8 Å². The van der Waals surface area contributed by atoms with Gasteiger partial charge in [0.15, 0.2) is 11.6 Å². The van der Waals surface area contributed by atoms with Gasteiger partial charge in [0.2, 0.25) is 10.0 Å². The van der Waals surface area contributed by atoms with E-state index in [1.165, 1.54) is 0 Å². The number of anilines is 1. The second kappa shape index (κ2) is 7.29. The highest BCUT2D eigenvalue weighted by Crippen LogP contribution is 2.49. The van der Waals surface area contributed by atoms with Crippen LogP contribution in [-0.2, 0) is 16.4 Å². The van der Waals surface area contributed by atoms with Gasteiger partial charge in [-0.25, -0.2) is 17.2 Å². The Kier molecular flexibility index (Phi) is 5.07. The first-order valence-electron chi connectivity index (χ1n) is 9.28. The SMILES string of the molecule is Cc1ccc(Cc2c(F)c(F)cc3c2NS(=O)(=O)C2(C/C=C/CO3)CC2)c(Cl)c1. The maximum absolute atomic E-state index is 14.8. The molecule has 0 amide bonds. The molecular weight excluding hydrogens is 420 g/mol. The van der Waals surface area contributed by atoms with Crippen molar-refractivity contribution in [1.82, 2.24) is 0 Å². The predicted molar refractivity (Wildman–Crippen MR) is 109 cm³/mol. The summed E-state index contributed by atoms with van der Waals surface area (Å²) in [5, 5.41) is 0.396. The van der Waals surface area contributed by atoms with E-state index in [4.69, 9.17) is 16.3 Å². The lowest BCUT2D eigenvalue weighted by Crippen LogP contribution is -2.30. The minimum atomic E-state index is -3.83. The van der Waals surface area contributed by atoms with Crippen LogP contribution in [0.2, 0.25) is 5.02 Å². The summed E-state index contributed by atoms with van der Waals surface area (Å²) in [5.74, 6) is -2.28. The van der Waals surface area contributed by atoms with Gasteiger partial charge in [-0.3, -0.25) is 4.72 Å². The molecule has 1 fully saturated rings. The second-order valence-electron chi connectivity index (χ2n) is 7.57. The number of benzene rings is 2. The third-order valence-corrected chi connectivity index (χ3v) is 8.00. The molecule has 1 heterocycles. The first-order valence-corrected chi connectivity index (χ1v) is 11.1. The smallest absolute Gasteiger partial charge is 0.238 e. The highest BCUT2D eigenvalue weighted by atomic mass is 35.5. The van der Waals surface area contributed by atoms with Crippen LogP contribution in [0.5, 0.6) is 5.75 Å². The number of ether oxygens (including phenoxy) is 1. The van der Waals surface area contributed by atoms with Crippen LogP contribution < -0.4 is 9.46 Å². The Hall–Kier alpha value is -2.12. The van der Waals surface area contributed by atoms with Gasteiger partial charge in [-0.05, 0) is 43.4 Å². The molecule has 8 heteroatoms. The molecule has 4 nitrogen and oxygen atoms in total. The van der Waals surface area contributed by atoms with E-state index in [1.807, 2.05) is 13.0 Å². The maximum Gasteiger partial charge on any atom is 0.238 e. The monoisotopic (exact) mass is 439 g/mol. The highest BCUT2D eigenvalue weighted by molar-refractivity contribution is 7.94. The Morgan fingerprint density at radius 3 is 2.66 bits per heavy atom. The molecule has 154 valence electrons. The summed E-state index contributed by atoms with van der Waals surface area (Å²) >= 11 is 6.28. The summed E-state index contributed by atoms with van der Waals surface area (Å²) in [6.07, 6.45) is 4.76. The van der Waals surface area contributed by atoms with Crippen molar-refractivity contribution in [3.8, 4) is 5.75 Å². The molecule has 4 rings (SSSR count). The van der Waals surface area contributed by atoms with E-state index in [9.17, 15) is 17.2 Å². The average molecular weight is 440 g/mol. The van der Waals surface area contributed by atoms with Crippen LogP contribution >= 0.6 is 11.6 Å². The molecule has 2 aromatic rings. The predicted octanol–water partition coefficient (Wildman–Crippen LogP) is 5.13. The Balaban J connectivity index is 1.86. The molecule has 0 bridgehead atoms. The fourth-order valence-electron chi connectivity index (χ4n) is 3.50. The van der Waals surface area contributed by atoms with Crippen LogP contribution in [0, 0.1) is 18.6 Å². The van der Waals surface area contributed by atoms with E-state index in [2.05, 4.69) is 4.72 Å². The molecule has 1 saturated carbocycles. The Labute approximate surface area is 173 Å². The zero-order valence-electron chi connectivity index (χ0n) is 15.8. The number of hydrogen-bond acceptors (Lipinski definition) is 3. The summed E-state index contributed by atoms with van der Waals surface area (Å²) in [6, 6.07) is 6.12. The zero-order valence-corrected chi connectivity index (χ0v) is 17.3. The number of rotatable bonds is 2. The van der Waals surface area contributed by atoms with Crippen LogP contribution in [0.3, 0.4) is 0 Å². The quantitative estimate of drug-likeness (QED) is 0.660. The molecule has 29 heavy (non-hydrogen) atoms. The van der Waals surface area contributed by atoms with Crippen LogP contribution in [0.25, 0.3) is 0 Å². The molecule has 1 aliphatic heterocycles. The lowest BCUT2D eigenvalue weighted by Gasteiger charge is -2.23. The van der Waals surface area contributed by atoms with Crippen molar-refractivity contribution >= 4 is 27.3 Å². The normalized spacial score (nSPS) is 20.3. The number of halogens is 3. The lowest BCUT2D eigenvalue weighted by atomic mass is 10.0. The molecule has 1 N–H and O–H groups in total. The van der Waals surface area contributed by atoms with Crippen molar-refractivity contribution in [3.05, 3.63) is 69.8 Å². The number of allylic oxidation sites excluding steroid dienone is 1. The molecule has 2 aromatic carbocycles. The summed E-state index contributed by atoms with van der Waals surface area (Å²) in [7, 11) is -3.83. The summed E-state index contributed by atoms with van der Waals surface area (Å²) in [5.41, 5.74) is 1.28. The van der Waals surface area contributed by atoms with E-state index >= 15 is 0 Å². The fraction of sp³-hybridized carbons (Fsp3) is 0.333. The average Bonchev–Trinajstić information content (AvgIpc) is 3.44. The number of sulfonamides is 1. The third-order valence-electron chi connectivity index (χ3n) is 5.46. The van der Waals surface area contributed by atoms with Crippen molar-refractivity contribution in [3.63, 3.8) is 0 Å². The zero-order chi connectivity index (χ0) is 20.8. The first kappa shape index (κ1) is 20.2. The lowest BCUT2D eigenvalue weighted by molar-refractivity contribution is 0.358. The van der Waals surface area contributed by atoms with Crippen molar-refractivity contribution in [2.45, 2.75) is 37.4 Å². The fourth-order valence-corrected chi connectivity index (χ4v) is 5.47. The first-order chi connectivity index (χ1) is 13.7. The number of aryl methyl sites for hydroxylation is 1. The van der Waals surface area contributed by atoms with Gasteiger partial charge in [0.1, 0.15) is 12.4 Å². The van der Waals surface area contributed by atoms with Crippen molar-refractivity contribution in [2.75, 3.05) is 11.3 Å². The Morgan fingerprint density at radius 2 is 1.97 bits per heavy atom. The molecule has 0 atom stereocenters. The largest absolute Gasteiger partial charge is 0.487 e. The van der Waals surface area contributed by atoms with Crippen LogP contribution in [0.15, 0.2) is 36.4 Å². The molecule has 0 aromatic heterocycles. The molecular formula is C21H20ClF2NO3S. The van der Waals surface area contributed by atoms with Gasteiger partial charge in [-0.1, -0.05) is 35.9 Å². The van der Waals surface area contributed by atoms with Gasteiger partial charge in [-0.15, -0.1) is 0 Å². The number of nitrogens with one attached hydrogen (secondary N) is 1. The van der Waals surface area contributed by atoms with E-state index in [-0.39, 0.29) is 30.0 Å². The van der Waals surface area contributed by atoms with E-state index < -0.39 is 26.4 Å². The van der Waals surface area contributed by atoms with Crippen molar-refractivity contribution in [1.29, 1.82) is 0 Å². The van der Waals surface area contributed by atoms with Crippen molar-refractivity contribution in [2.24, 2.45) is 0 Å². The topological polar surface area (TPSA) is 55.4 Å². The number of fused-ring (bicyclic) bond motifs is 1. The highest BCUT2D eigenvalue weighted by Gasteiger charge is 2.54. The molecule has 1 aliphatic carbocycles. The summed E-state index contributed by atoms with van der Waals surface area (Å²) in [4.78, 5) is 0. The molecule has 2 aliphatic rings. The van der Waals surface area contributed by atoms with E-state index in [0.717, 1.165) is 11.6 Å². The van der Waals surface area contributed by atoms with Crippen molar-refractivity contribution < 1.29 is 21.9 Å². The maximum atomic E-state index is 14.8. The van der Waals surface area contributed by atoms with Gasteiger partial charge in [0, 0.05) is 23.1 Å². The summed E-state index contributed by atoms with van der Waals surface area (Å²) in [6.45, 7) is 1.99. The van der Waals surface area contributed by atoms with Gasteiger partial charge in [0.25, 0.3) is 0 Å². The minimum Gasteiger partial charge on any atom is -0.487 e. The minimum absolute atomic E-state index is 0.0481. The third kappa shape index (κ3) is 3.73. The molecule has 1 spiro atoms. The number of hydrogen-bond donors (Lipinski definition) is 1. The van der Waals surface area contributed by atoms with Gasteiger partial charge < -0.3 is 4.74 Å². The molecule has 0 saturated heterocycles. The molecule has 0 radical (unpaired) electrons. The van der Waals surface area contributed by atoms with Gasteiger partial charge >= 0.3 is 0 Å². The standard InChI is InChI=1S/C21H20ClF2NO3S/c1-13-4-5-14(16(22)10-13)11-15-19(24)17(23)12-18-20(15)25-29(26,27)21(7-8-21)6-2-3-9-28-18/h2-5,10,12,25H,6-9,11H2,1H3/b3-2+. The van der Waals surface area contributed by atoms with E-state index in [1.54, 1.807) is 24.3 Å². The van der Waals surface area contributed by atoms with Gasteiger partial charge in [0.05, 0.1) is 10.4 Å². The Bertz CT molecular complexity index is 1110. The second-order valence-corrected chi connectivity index (χ2v) is 10.1. The van der Waals surface area contributed by atoms with Crippen LogP contribution in [0.1, 0.15) is 36.0 Å². The van der Waals surface area contributed by atoms with Crippen LogP contribution in [-0.4, -0.2) is 19.8 Å². The van der Waals surface area contributed by atoms with Gasteiger partial charge in [-0.2, -0.15) is 0 Å². The summed E-state index contributed by atoms with van der Waals surface area (Å²) < 4.78 is 62.4. The van der Waals surface area contributed by atoms with Crippen LogP contribution in [0.4, 0.5) is 14.5 Å². The Morgan fingerprint density at radius 1 is 1.21 bits per heavy atom. The molecule has 0 unspecified atom stereocenters.